The summed E-state index contributed by atoms with van der Waals surface area (Å²) in [5.41, 5.74) is 7.63. The number of nitrogens with zero attached hydrogens (tertiary/aromatic N) is 4. The Kier molecular flexibility index (Phi) is 7.23. The summed E-state index contributed by atoms with van der Waals surface area (Å²) < 4.78 is 15.9. The van der Waals surface area contributed by atoms with Gasteiger partial charge in [-0.2, -0.15) is 0 Å². The van der Waals surface area contributed by atoms with Crippen LogP contribution in [0.5, 0.6) is 0 Å². The summed E-state index contributed by atoms with van der Waals surface area (Å²) in [6.07, 6.45) is 2.72. The number of hydrogen-bond donors (Lipinski definition) is 1. The summed E-state index contributed by atoms with van der Waals surface area (Å²) >= 11 is 7.46. The molecule has 6 nitrogen and oxygen atoms in total. The summed E-state index contributed by atoms with van der Waals surface area (Å²) in [5, 5.41) is 0.795. The molecular weight excluding hydrogens is 449 g/mol. The number of fused-ring (bicyclic) bond motifs is 1. The summed E-state index contributed by atoms with van der Waals surface area (Å²) in [7, 11) is 0. The molecule has 170 valence electrons. The Morgan fingerprint density at radius 3 is 2.88 bits per heavy atom. The summed E-state index contributed by atoms with van der Waals surface area (Å²) in [6, 6.07) is 9.11. The number of halogens is 2. The molecule has 9 heteroatoms. The van der Waals surface area contributed by atoms with Gasteiger partial charge in [-0.25, -0.2) is 14.4 Å². The fourth-order valence-corrected chi connectivity index (χ4v) is 5.37. The van der Waals surface area contributed by atoms with Crippen LogP contribution in [0.1, 0.15) is 36.6 Å². The van der Waals surface area contributed by atoms with Gasteiger partial charge in [0.25, 0.3) is 0 Å². The van der Waals surface area contributed by atoms with Crippen LogP contribution < -0.4 is 5.73 Å². The monoisotopic (exact) mass is 475 g/mol. The Morgan fingerprint density at radius 2 is 2.12 bits per heavy atom. The van der Waals surface area contributed by atoms with Crippen LogP contribution in [0.25, 0.3) is 10.9 Å². The van der Waals surface area contributed by atoms with Gasteiger partial charge in [0, 0.05) is 29.9 Å². The number of carbonyl (C=O) groups excluding carboxylic acids is 1. The van der Waals surface area contributed by atoms with Gasteiger partial charge in [-0.05, 0) is 49.1 Å². The topological polar surface area (TPSA) is 75.3 Å². The molecule has 4 rings (SSSR count). The minimum atomic E-state index is -1.15. The molecule has 3 heterocycles. The molecule has 2 unspecified atom stereocenters. The van der Waals surface area contributed by atoms with Gasteiger partial charge in [0.15, 0.2) is 6.30 Å². The number of nitrogen functional groups attached to an aromatic ring is 1. The molecule has 2 aromatic heterocycles. The Labute approximate surface area is 196 Å². The largest absolute Gasteiger partial charge is 0.383 e. The third-order valence-electron chi connectivity index (χ3n) is 5.91. The van der Waals surface area contributed by atoms with E-state index in [0.29, 0.717) is 49.1 Å². The van der Waals surface area contributed by atoms with E-state index in [1.165, 1.54) is 17.7 Å². The maximum Gasteiger partial charge on any atom is 0.240 e. The number of carbonyl (C=O) groups is 1. The van der Waals surface area contributed by atoms with Crippen LogP contribution in [0, 0.1) is 0 Å². The average molecular weight is 476 g/mol. The van der Waals surface area contributed by atoms with Gasteiger partial charge in [-0.15, -0.1) is 11.3 Å². The lowest BCUT2D eigenvalue weighted by Crippen LogP contribution is -2.58. The van der Waals surface area contributed by atoms with Crippen LogP contribution in [0.4, 0.5) is 10.2 Å². The van der Waals surface area contributed by atoms with E-state index >= 15 is 4.39 Å². The number of rotatable bonds is 8. The smallest absolute Gasteiger partial charge is 0.240 e. The van der Waals surface area contributed by atoms with E-state index in [2.05, 4.69) is 9.97 Å². The fraction of sp³-hybridized carbons (Fsp3) is 0.435. The minimum Gasteiger partial charge on any atom is -0.383 e. The zero-order valence-electron chi connectivity index (χ0n) is 18.0. The van der Waals surface area contributed by atoms with Crippen LogP contribution in [0.15, 0.2) is 36.7 Å². The number of thiophene rings is 1. The van der Waals surface area contributed by atoms with Crippen molar-refractivity contribution in [2.24, 2.45) is 0 Å². The predicted molar refractivity (Wildman–Crippen MR) is 127 cm³/mol. The number of aryl methyl sites for hydroxylation is 1. The Balaban J connectivity index is 1.43. The normalized spacial score (nSPS) is 18.4. The predicted octanol–water partition coefficient (Wildman–Crippen LogP) is 4.67. The van der Waals surface area contributed by atoms with Crippen molar-refractivity contribution >= 4 is 45.6 Å². The number of hydrogen-bond acceptors (Lipinski definition) is 6. The zero-order valence-corrected chi connectivity index (χ0v) is 19.6. The first kappa shape index (κ1) is 22.9. The second-order valence-electron chi connectivity index (χ2n) is 8.09. The fourth-order valence-electron chi connectivity index (χ4n) is 4.27. The van der Waals surface area contributed by atoms with Crippen molar-refractivity contribution < 1.29 is 9.18 Å². The second kappa shape index (κ2) is 10.1. The molecule has 0 aliphatic carbocycles. The van der Waals surface area contributed by atoms with Crippen molar-refractivity contribution in [1.82, 2.24) is 19.8 Å². The maximum atomic E-state index is 15.2. The molecule has 2 N–H and O–H groups in total. The molecule has 0 saturated carbocycles. The van der Waals surface area contributed by atoms with Gasteiger partial charge >= 0.3 is 0 Å². The standard InChI is InChI=1S/C23H27ClFN5OS/c1-2-3-19-23(31)29(13-15-4-7-17-18(12-15)27-14-28-22(17)26)10-11-30(19)21(25)9-6-16-5-8-20(24)32-16/h4-5,7-8,12,14,19,21H,2-3,6,9-11,13H2,1H3,(H2,26,27,28). The van der Waals surface area contributed by atoms with Crippen LogP contribution in [-0.4, -0.2) is 51.1 Å². The zero-order chi connectivity index (χ0) is 22.7. The lowest BCUT2D eigenvalue weighted by Gasteiger charge is -2.42. The summed E-state index contributed by atoms with van der Waals surface area (Å²) in [5.74, 6) is 0.426. The van der Waals surface area contributed by atoms with E-state index in [0.717, 1.165) is 27.8 Å². The molecule has 0 spiro atoms. The third kappa shape index (κ3) is 5.03. The molecule has 1 saturated heterocycles. The van der Waals surface area contributed by atoms with Crippen molar-refractivity contribution in [2.45, 2.75) is 51.5 Å². The molecule has 0 bridgehead atoms. The molecule has 3 aromatic rings. The Morgan fingerprint density at radius 1 is 1.28 bits per heavy atom. The van der Waals surface area contributed by atoms with Crippen molar-refractivity contribution in [2.75, 3.05) is 18.8 Å². The van der Waals surface area contributed by atoms with Crippen LogP contribution >= 0.6 is 22.9 Å². The van der Waals surface area contributed by atoms with E-state index < -0.39 is 12.3 Å². The van der Waals surface area contributed by atoms with E-state index in [4.69, 9.17) is 17.3 Å². The van der Waals surface area contributed by atoms with Crippen molar-refractivity contribution in [3.8, 4) is 0 Å². The molecule has 0 radical (unpaired) electrons. The molecule has 1 aromatic carbocycles. The molecule has 1 aliphatic rings. The first-order valence-electron chi connectivity index (χ1n) is 10.9. The van der Waals surface area contributed by atoms with E-state index in [1.807, 2.05) is 42.2 Å². The molecular formula is C23H27ClFN5OS. The highest BCUT2D eigenvalue weighted by Gasteiger charge is 2.37. The molecule has 2 atom stereocenters. The molecule has 1 aliphatic heterocycles. The summed E-state index contributed by atoms with van der Waals surface area (Å²) in [4.78, 5) is 26.2. The number of benzene rings is 1. The van der Waals surface area contributed by atoms with Crippen LogP contribution in [0.2, 0.25) is 4.34 Å². The first-order chi connectivity index (χ1) is 15.5. The molecule has 1 amide bonds. The van der Waals surface area contributed by atoms with Gasteiger partial charge in [0.1, 0.15) is 12.1 Å². The van der Waals surface area contributed by atoms with Crippen LogP contribution in [-0.2, 0) is 17.8 Å². The number of piperazine rings is 1. The van der Waals surface area contributed by atoms with Crippen molar-refractivity contribution in [3.05, 3.63) is 51.4 Å². The average Bonchev–Trinajstić information content (AvgIpc) is 3.20. The maximum absolute atomic E-state index is 15.2. The Bertz CT molecular complexity index is 1090. The van der Waals surface area contributed by atoms with Gasteiger partial charge in [0.2, 0.25) is 5.91 Å². The van der Waals surface area contributed by atoms with E-state index in [9.17, 15) is 4.79 Å². The highest BCUT2D eigenvalue weighted by molar-refractivity contribution is 7.16. The third-order valence-corrected chi connectivity index (χ3v) is 7.20. The van der Waals surface area contributed by atoms with Gasteiger partial charge in [-0.1, -0.05) is 31.0 Å². The van der Waals surface area contributed by atoms with E-state index in [1.54, 1.807) is 4.90 Å². The van der Waals surface area contributed by atoms with Gasteiger partial charge in [0.05, 0.1) is 15.9 Å². The second-order valence-corrected chi connectivity index (χ2v) is 9.89. The Hall–Kier alpha value is -2.29. The van der Waals surface area contributed by atoms with E-state index in [-0.39, 0.29) is 5.91 Å². The number of aromatic nitrogens is 2. The highest BCUT2D eigenvalue weighted by Crippen LogP contribution is 2.27. The molecule has 32 heavy (non-hydrogen) atoms. The number of amides is 1. The van der Waals surface area contributed by atoms with Crippen LogP contribution in [0.3, 0.4) is 0 Å². The van der Waals surface area contributed by atoms with Crippen molar-refractivity contribution in [3.63, 3.8) is 0 Å². The SMILES string of the molecule is CCCC1C(=O)N(Cc2ccc3c(N)ncnc3c2)CCN1C(F)CCc1ccc(Cl)s1. The van der Waals surface area contributed by atoms with Gasteiger partial charge in [-0.3, -0.25) is 9.69 Å². The summed E-state index contributed by atoms with van der Waals surface area (Å²) in [6.45, 7) is 3.51. The lowest BCUT2D eigenvalue weighted by atomic mass is 10.0. The molecule has 1 fully saturated rings. The number of nitrogens with two attached hydrogens (primary N) is 1. The number of anilines is 1. The quantitative estimate of drug-likeness (QED) is 0.479. The first-order valence-corrected chi connectivity index (χ1v) is 12.1. The van der Waals surface area contributed by atoms with Gasteiger partial charge < -0.3 is 10.6 Å². The number of alkyl halides is 1. The van der Waals surface area contributed by atoms with Crippen molar-refractivity contribution in [1.29, 1.82) is 0 Å². The highest BCUT2D eigenvalue weighted by atomic mass is 35.5. The minimum absolute atomic E-state index is 0.0118. The lowest BCUT2D eigenvalue weighted by molar-refractivity contribution is -0.147.